The molecule has 28 heavy (non-hydrogen) atoms. The van der Waals surface area contributed by atoms with Crippen LogP contribution < -0.4 is 10.6 Å². The van der Waals surface area contributed by atoms with E-state index in [1.807, 2.05) is 73.7 Å². The minimum atomic E-state index is -0.359. The van der Waals surface area contributed by atoms with Crippen LogP contribution in [0.2, 0.25) is 0 Å². The van der Waals surface area contributed by atoms with E-state index in [4.69, 9.17) is 17.0 Å². The van der Waals surface area contributed by atoms with Gasteiger partial charge in [-0.2, -0.15) is 0 Å². The van der Waals surface area contributed by atoms with Gasteiger partial charge in [0.2, 0.25) is 0 Å². The van der Waals surface area contributed by atoms with Crippen molar-refractivity contribution in [1.82, 2.24) is 5.32 Å². The third-order valence-corrected chi connectivity index (χ3v) is 5.48. The van der Waals surface area contributed by atoms with Crippen molar-refractivity contribution in [3.8, 4) is 10.4 Å². The molecule has 0 aliphatic carbocycles. The highest BCUT2D eigenvalue weighted by atomic mass is 32.1. The van der Waals surface area contributed by atoms with Crippen LogP contribution in [0.5, 0.6) is 0 Å². The molecule has 3 rings (SSSR count). The van der Waals surface area contributed by atoms with Gasteiger partial charge in [0.25, 0.3) is 0 Å². The number of esters is 1. The molecule has 0 bridgehead atoms. The van der Waals surface area contributed by atoms with Crippen LogP contribution in [-0.4, -0.2) is 17.7 Å². The minimum Gasteiger partial charge on any atom is -0.462 e. The van der Waals surface area contributed by atoms with Crippen molar-refractivity contribution in [3.63, 3.8) is 0 Å². The predicted octanol–water partition coefficient (Wildman–Crippen LogP) is 5.64. The van der Waals surface area contributed by atoms with Gasteiger partial charge >= 0.3 is 5.97 Å². The van der Waals surface area contributed by atoms with E-state index < -0.39 is 0 Å². The van der Waals surface area contributed by atoms with Crippen LogP contribution in [0, 0.1) is 0 Å². The van der Waals surface area contributed by atoms with Crippen molar-refractivity contribution in [2.45, 2.75) is 19.9 Å². The van der Waals surface area contributed by atoms with Gasteiger partial charge in [-0.15, -0.1) is 11.3 Å². The molecule has 2 N–H and O–H groups in total. The second-order valence-corrected chi connectivity index (χ2v) is 7.63. The second kappa shape index (κ2) is 9.48. The molecule has 0 radical (unpaired) electrons. The number of rotatable bonds is 6. The van der Waals surface area contributed by atoms with Crippen molar-refractivity contribution in [2.24, 2.45) is 0 Å². The van der Waals surface area contributed by atoms with Crippen molar-refractivity contribution in [3.05, 3.63) is 77.9 Å². The number of thiocarbonyl (C=S) groups is 1. The van der Waals surface area contributed by atoms with Crippen molar-refractivity contribution in [2.75, 3.05) is 11.9 Å². The van der Waals surface area contributed by atoms with Crippen LogP contribution >= 0.6 is 23.6 Å². The molecule has 1 aromatic heterocycles. The SMILES string of the molecule is CCOC(=O)c1cc(-c2ccccc2)sc1NC(=S)NC(C)c1ccccc1. The molecule has 0 aliphatic rings. The number of hydrogen-bond donors (Lipinski definition) is 2. The van der Waals surface area contributed by atoms with Gasteiger partial charge in [-0.3, -0.25) is 0 Å². The number of carbonyl (C=O) groups is 1. The minimum absolute atomic E-state index is 0.0424. The summed E-state index contributed by atoms with van der Waals surface area (Å²) >= 11 is 6.96. The van der Waals surface area contributed by atoms with E-state index in [-0.39, 0.29) is 12.0 Å². The van der Waals surface area contributed by atoms with E-state index in [9.17, 15) is 4.79 Å². The fourth-order valence-electron chi connectivity index (χ4n) is 2.75. The van der Waals surface area contributed by atoms with Gasteiger partial charge < -0.3 is 15.4 Å². The molecule has 1 atom stereocenters. The van der Waals surface area contributed by atoms with E-state index in [2.05, 4.69) is 10.6 Å². The molecular formula is C22H22N2O2S2. The van der Waals surface area contributed by atoms with E-state index in [1.165, 1.54) is 11.3 Å². The number of anilines is 1. The lowest BCUT2D eigenvalue weighted by Crippen LogP contribution is -2.31. The first-order valence-corrected chi connectivity index (χ1v) is 10.3. The molecule has 0 saturated heterocycles. The molecule has 0 amide bonds. The van der Waals surface area contributed by atoms with E-state index in [1.54, 1.807) is 6.92 Å². The van der Waals surface area contributed by atoms with Crippen LogP contribution in [0.25, 0.3) is 10.4 Å². The zero-order valence-corrected chi connectivity index (χ0v) is 17.4. The molecule has 0 saturated carbocycles. The Kier molecular flexibility index (Phi) is 6.79. The Morgan fingerprint density at radius 1 is 1.11 bits per heavy atom. The first-order valence-electron chi connectivity index (χ1n) is 9.07. The highest BCUT2D eigenvalue weighted by Crippen LogP contribution is 2.36. The summed E-state index contributed by atoms with van der Waals surface area (Å²) in [6, 6.07) is 21.9. The van der Waals surface area contributed by atoms with E-state index in [0.29, 0.717) is 22.3 Å². The number of benzene rings is 2. The monoisotopic (exact) mass is 410 g/mol. The summed E-state index contributed by atoms with van der Waals surface area (Å²) < 4.78 is 5.21. The van der Waals surface area contributed by atoms with Crippen molar-refractivity contribution >= 4 is 39.6 Å². The summed E-state index contributed by atoms with van der Waals surface area (Å²) in [6.07, 6.45) is 0. The van der Waals surface area contributed by atoms with Gasteiger partial charge in [0.1, 0.15) is 5.00 Å². The normalized spacial score (nSPS) is 11.5. The molecule has 1 heterocycles. The topological polar surface area (TPSA) is 50.4 Å². The van der Waals surface area contributed by atoms with Crippen molar-refractivity contribution in [1.29, 1.82) is 0 Å². The Hall–Kier alpha value is -2.70. The predicted molar refractivity (Wildman–Crippen MR) is 120 cm³/mol. The fraction of sp³-hybridized carbons (Fsp3) is 0.182. The summed E-state index contributed by atoms with van der Waals surface area (Å²) in [4.78, 5) is 13.4. The van der Waals surface area contributed by atoms with Gasteiger partial charge in [-0.1, -0.05) is 60.7 Å². The molecule has 2 aromatic carbocycles. The van der Waals surface area contributed by atoms with Crippen LogP contribution in [0.4, 0.5) is 5.00 Å². The van der Waals surface area contributed by atoms with Crippen LogP contribution in [0.15, 0.2) is 66.7 Å². The smallest absolute Gasteiger partial charge is 0.341 e. The quantitative estimate of drug-likeness (QED) is 0.407. The Balaban J connectivity index is 1.80. The lowest BCUT2D eigenvalue weighted by molar-refractivity contribution is 0.0528. The zero-order valence-electron chi connectivity index (χ0n) is 15.8. The van der Waals surface area contributed by atoms with Crippen LogP contribution in [-0.2, 0) is 4.74 Å². The number of ether oxygens (including phenoxy) is 1. The number of hydrogen-bond acceptors (Lipinski definition) is 4. The van der Waals surface area contributed by atoms with Crippen LogP contribution in [0.1, 0.15) is 35.8 Å². The summed E-state index contributed by atoms with van der Waals surface area (Å²) in [5.41, 5.74) is 2.67. The molecule has 6 heteroatoms. The summed E-state index contributed by atoms with van der Waals surface area (Å²) in [5.74, 6) is -0.359. The number of thiophene rings is 1. The average Bonchev–Trinajstić information content (AvgIpc) is 3.13. The molecule has 0 spiro atoms. The number of carbonyl (C=O) groups excluding carboxylic acids is 1. The third kappa shape index (κ3) is 4.97. The molecule has 4 nitrogen and oxygen atoms in total. The summed E-state index contributed by atoms with van der Waals surface area (Å²) in [7, 11) is 0. The molecule has 0 fully saturated rings. The fourth-order valence-corrected chi connectivity index (χ4v) is 4.15. The molecule has 1 unspecified atom stereocenters. The average molecular weight is 411 g/mol. The van der Waals surface area contributed by atoms with Gasteiger partial charge in [-0.25, -0.2) is 4.79 Å². The lowest BCUT2D eigenvalue weighted by atomic mass is 10.1. The maximum absolute atomic E-state index is 12.4. The Labute approximate surface area is 174 Å². The van der Waals surface area contributed by atoms with Gasteiger partial charge in [0.05, 0.1) is 18.2 Å². The van der Waals surface area contributed by atoms with E-state index in [0.717, 1.165) is 16.0 Å². The molecular weight excluding hydrogens is 388 g/mol. The highest BCUT2D eigenvalue weighted by molar-refractivity contribution is 7.80. The molecule has 0 aliphatic heterocycles. The Bertz CT molecular complexity index is 940. The first-order chi connectivity index (χ1) is 13.6. The van der Waals surface area contributed by atoms with Crippen LogP contribution in [0.3, 0.4) is 0 Å². The third-order valence-electron chi connectivity index (χ3n) is 4.16. The lowest BCUT2D eigenvalue weighted by Gasteiger charge is -2.17. The largest absolute Gasteiger partial charge is 0.462 e. The summed E-state index contributed by atoms with van der Waals surface area (Å²) in [6.45, 7) is 4.16. The maximum atomic E-state index is 12.4. The Morgan fingerprint density at radius 2 is 1.75 bits per heavy atom. The van der Waals surface area contributed by atoms with Gasteiger partial charge in [-0.05, 0) is 43.3 Å². The zero-order chi connectivity index (χ0) is 19.9. The van der Waals surface area contributed by atoms with E-state index >= 15 is 0 Å². The second-order valence-electron chi connectivity index (χ2n) is 6.17. The van der Waals surface area contributed by atoms with Crippen molar-refractivity contribution < 1.29 is 9.53 Å². The van der Waals surface area contributed by atoms with Gasteiger partial charge in [0.15, 0.2) is 5.11 Å². The maximum Gasteiger partial charge on any atom is 0.341 e. The molecule has 3 aromatic rings. The Morgan fingerprint density at radius 3 is 2.39 bits per heavy atom. The number of nitrogens with one attached hydrogen (secondary N) is 2. The molecule has 144 valence electrons. The first kappa shape index (κ1) is 20.0. The standard InChI is InChI=1S/C22H22N2O2S2/c1-3-26-21(25)18-14-19(17-12-8-5-9-13-17)28-20(18)24-22(27)23-15(2)16-10-6-4-7-11-16/h4-15H,3H2,1-2H3,(H2,23,24,27). The highest BCUT2D eigenvalue weighted by Gasteiger charge is 2.19. The van der Waals surface area contributed by atoms with Gasteiger partial charge in [0, 0.05) is 4.88 Å². The summed E-state index contributed by atoms with van der Waals surface area (Å²) in [5, 5.41) is 7.58.